The molecule has 1 fully saturated rings. The van der Waals surface area contributed by atoms with Crippen LogP contribution in [0.3, 0.4) is 0 Å². The van der Waals surface area contributed by atoms with Crippen molar-refractivity contribution in [3.63, 3.8) is 0 Å². The molecule has 3 rings (SSSR count). The largest absolute Gasteiger partial charge is 0.468 e. The van der Waals surface area contributed by atoms with E-state index in [4.69, 9.17) is 4.74 Å². The minimum atomic E-state index is -3.58. The molecule has 2 atom stereocenters. The van der Waals surface area contributed by atoms with Gasteiger partial charge in [-0.2, -0.15) is 4.31 Å². The maximum absolute atomic E-state index is 13.3. The maximum Gasteiger partial charge on any atom is 0.322 e. The van der Waals surface area contributed by atoms with Gasteiger partial charge in [0.25, 0.3) is 0 Å². The third-order valence-corrected chi connectivity index (χ3v) is 7.28. The minimum Gasteiger partial charge on any atom is -0.468 e. The number of rotatable bonds is 8. The fraction of sp³-hybridized carbons (Fsp3) is 0.381. The SMILES string of the molecule is COC(=O)C1CC(S(=O)(=O)N(CCc2ccccc2)Cc2ccccc2)CN1. The third-order valence-electron chi connectivity index (χ3n) is 5.05. The van der Waals surface area contributed by atoms with E-state index in [0.29, 0.717) is 19.5 Å². The van der Waals surface area contributed by atoms with Crippen molar-refractivity contribution in [3.8, 4) is 0 Å². The number of nitrogens with one attached hydrogen (secondary N) is 1. The smallest absolute Gasteiger partial charge is 0.322 e. The first kappa shape index (κ1) is 20.5. The Morgan fingerprint density at radius 2 is 1.68 bits per heavy atom. The Morgan fingerprint density at radius 3 is 2.29 bits per heavy atom. The van der Waals surface area contributed by atoms with Crippen molar-refractivity contribution in [3.05, 3.63) is 71.8 Å². The number of sulfonamides is 1. The number of hydrogen-bond donors (Lipinski definition) is 1. The summed E-state index contributed by atoms with van der Waals surface area (Å²) in [5.41, 5.74) is 2.03. The van der Waals surface area contributed by atoms with Gasteiger partial charge in [-0.3, -0.25) is 4.79 Å². The molecule has 0 saturated carbocycles. The van der Waals surface area contributed by atoms with Gasteiger partial charge in [0.2, 0.25) is 10.0 Å². The molecular weight excluding hydrogens is 376 g/mol. The molecule has 2 aromatic carbocycles. The highest BCUT2D eigenvalue weighted by molar-refractivity contribution is 7.89. The number of benzene rings is 2. The average Bonchev–Trinajstić information content (AvgIpc) is 3.23. The normalized spacial score (nSPS) is 19.6. The monoisotopic (exact) mass is 402 g/mol. The van der Waals surface area contributed by atoms with Crippen LogP contribution in [-0.2, 0) is 32.5 Å². The van der Waals surface area contributed by atoms with E-state index in [-0.39, 0.29) is 13.0 Å². The number of nitrogens with zero attached hydrogens (tertiary/aromatic N) is 1. The van der Waals surface area contributed by atoms with Crippen LogP contribution in [0.5, 0.6) is 0 Å². The Bertz CT molecular complexity index is 872. The lowest BCUT2D eigenvalue weighted by Gasteiger charge is -2.25. The molecule has 2 aromatic rings. The van der Waals surface area contributed by atoms with Crippen molar-refractivity contribution in [1.82, 2.24) is 9.62 Å². The van der Waals surface area contributed by atoms with E-state index in [2.05, 4.69) is 5.32 Å². The highest BCUT2D eigenvalue weighted by Gasteiger charge is 2.40. The molecule has 1 saturated heterocycles. The van der Waals surface area contributed by atoms with Gasteiger partial charge in [-0.25, -0.2) is 8.42 Å². The number of hydrogen-bond acceptors (Lipinski definition) is 5. The number of ether oxygens (including phenoxy) is 1. The molecule has 0 radical (unpaired) electrons. The van der Waals surface area contributed by atoms with Gasteiger partial charge in [0, 0.05) is 19.6 Å². The topological polar surface area (TPSA) is 75.7 Å². The lowest BCUT2D eigenvalue weighted by Crippen LogP contribution is -2.40. The van der Waals surface area contributed by atoms with Crippen molar-refractivity contribution >= 4 is 16.0 Å². The van der Waals surface area contributed by atoms with Crippen LogP contribution in [0.1, 0.15) is 17.5 Å². The maximum atomic E-state index is 13.3. The molecule has 1 heterocycles. The van der Waals surface area contributed by atoms with Gasteiger partial charge in [0.05, 0.1) is 12.4 Å². The number of carbonyl (C=O) groups excluding carboxylic acids is 1. The molecule has 0 aliphatic carbocycles. The van der Waals surface area contributed by atoms with Crippen LogP contribution in [0.2, 0.25) is 0 Å². The summed E-state index contributed by atoms with van der Waals surface area (Å²) in [5.74, 6) is -0.420. The lowest BCUT2D eigenvalue weighted by atomic mass is 10.1. The van der Waals surface area contributed by atoms with Crippen molar-refractivity contribution in [2.75, 3.05) is 20.2 Å². The molecule has 0 amide bonds. The van der Waals surface area contributed by atoms with Crippen LogP contribution in [-0.4, -0.2) is 50.2 Å². The summed E-state index contributed by atoms with van der Waals surface area (Å²) in [5, 5.41) is 2.33. The van der Waals surface area contributed by atoms with Crippen LogP contribution in [0.15, 0.2) is 60.7 Å². The Kier molecular flexibility index (Phi) is 6.83. The summed E-state index contributed by atoms with van der Waals surface area (Å²) in [6.07, 6.45) is 0.860. The highest BCUT2D eigenvalue weighted by Crippen LogP contribution is 2.22. The van der Waals surface area contributed by atoms with E-state index in [9.17, 15) is 13.2 Å². The Labute approximate surface area is 166 Å². The first-order chi connectivity index (χ1) is 13.5. The van der Waals surface area contributed by atoms with Crippen LogP contribution >= 0.6 is 0 Å². The van der Waals surface area contributed by atoms with Gasteiger partial charge in [0.1, 0.15) is 6.04 Å². The third kappa shape index (κ3) is 4.98. The van der Waals surface area contributed by atoms with Gasteiger partial charge in [0.15, 0.2) is 0 Å². The fourth-order valence-corrected chi connectivity index (χ4v) is 5.28. The quantitative estimate of drug-likeness (QED) is 0.683. The van der Waals surface area contributed by atoms with Crippen molar-refractivity contribution in [1.29, 1.82) is 0 Å². The summed E-state index contributed by atoms with van der Waals surface area (Å²) >= 11 is 0. The number of esters is 1. The van der Waals surface area contributed by atoms with Gasteiger partial charge in [-0.05, 0) is 24.0 Å². The molecule has 0 spiro atoms. The van der Waals surface area contributed by atoms with Crippen molar-refractivity contribution in [2.45, 2.75) is 30.7 Å². The fourth-order valence-electron chi connectivity index (χ4n) is 3.44. The summed E-state index contributed by atoms with van der Waals surface area (Å²) in [6.45, 7) is 0.953. The molecule has 6 nitrogen and oxygen atoms in total. The molecule has 150 valence electrons. The minimum absolute atomic E-state index is 0.228. The molecule has 0 aromatic heterocycles. The lowest BCUT2D eigenvalue weighted by molar-refractivity contribution is -0.142. The Balaban J connectivity index is 1.77. The van der Waals surface area contributed by atoms with Gasteiger partial charge in [-0.15, -0.1) is 0 Å². The number of methoxy groups -OCH3 is 1. The Morgan fingerprint density at radius 1 is 1.07 bits per heavy atom. The summed E-state index contributed by atoms with van der Waals surface area (Å²) in [4.78, 5) is 11.8. The molecule has 1 aliphatic heterocycles. The van der Waals surface area contributed by atoms with Crippen LogP contribution < -0.4 is 5.32 Å². The van der Waals surface area contributed by atoms with Crippen molar-refractivity contribution in [2.24, 2.45) is 0 Å². The van der Waals surface area contributed by atoms with Gasteiger partial charge >= 0.3 is 5.97 Å². The van der Waals surface area contributed by atoms with E-state index >= 15 is 0 Å². The molecule has 28 heavy (non-hydrogen) atoms. The zero-order valence-electron chi connectivity index (χ0n) is 16.0. The second kappa shape index (κ2) is 9.32. The van der Waals surface area contributed by atoms with Crippen molar-refractivity contribution < 1.29 is 17.9 Å². The Hall–Kier alpha value is -2.22. The van der Waals surface area contributed by atoms with Crippen LogP contribution in [0, 0.1) is 0 Å². The molecule has 1 N–H and O–H groups in total. The van der Waals surface area contributed by atoms with Crippen LogP contribution in [0.4, 0.5) is 0 Å². The molecular formula is C21H26N2O4S. The second-order valence-electron chi connectivity index (χ2n) is 6.94. The summed E-state index contributed by atoms with van der Waals surface area (Å²) < 4.78 is 33.0. The molecule has 0 bridgehead atoms. The zero-order chi connectivity index (χ0) is 20.0. The predicted octanol–water partition coefficient (Wildman–Crippen LogP) is 1.96. The summed E-state index contributed by atoms with van der Waals surface area (Å²) in [6, 6.07) is 18.8. The average molecular weight is 403 g/mol. The van der Waals surface area contributed by atoms with E-state index in [1.807, 2.05) is 60.7 Å². The van der Waals surface area contributed by atoms with Gasteiger partial charge < -0.3 is 10.1 Å². The van der Waals surface area contributed by atoms with E-state index in [0.717, 1.165) is 11.1 Å². The molecule has 2 unspecified atom stereocenters. The van der Waals surface area contributed by atoms with E-state index in [1.54, 1.807) is 4.31 Å². The second-order valence-corrected chi connectivity index (χ2v) is 9.15. The molecule has 7 heteroatoms. The standard InChI is InChI=1S/C21H26N2O4S/c1-27-21(24)20-14-19(15-22-20)28(25,26)23(16-18-10-6-3-7-11-18)13-12-17-8-4-2-5-9-17/h2-11,19-20,22H,12-16H2,1H3. The summed E-state index contributed by atoms with van der Waals surface area (Å²) in [7, 11) is -2.27. The van der Waals surface area contributed by atoms with Crippen LogP contribution in [0.25, 0.3) is 0 Å². The molecule has 1 aliphatic rings. The van der Waals surface area contributed by atoms with E-state index < -0.39 is 27.3 Å². The number of carbonyl (C=O) groups is 1. The highest BCUT2D eigenvalue weighted by atomic mass is 32.2. The first-order valence-corrected chi connectivity index (χ1v) is 10.9. The predicted molar refractivity (Wildman–Crippen MR) is 108 cm³/mol. The first-order valence-electron chi connectivity index (χ1n) is 9.38. The zero-order valence-corrected chi connectivity index (χ0v) is 16.8. The van der Waals surface area contributed by atoms with E-state index in [1.165, 1.54) is 7.11 Å². The van der Waals surface area contributed by atoms with Gasteiger partial charge in [-0.1, -0.05) is 60.7 Å².